The second-order valence-electron chi connectivity index (χ2n) is 7.00. The summed E-state index contributed by atoms with van der Waals surface area (Å²) in [7, 11) is 0. The molecule has 0 saturated carbocycles. The molecule has 0 saturated heterocycles. The van der Waals surface area contributed by atoms with Crippen LogP contribution >= 0.6 is 0 Å². The van der Waals surface area contributed by atoms with Crippen molar-refractivity contribution in [2.24, 2.45) is 4.99 Å². The first-order valence-electron chi connectivity index (χ1n) is 9.91. The van der Waals surface area contributed by atoms with Gasteiger partial charge in [0.2, 0.25) is 11.7 Å². The summed E-state index contributed by atoms with van der Waals surface area (Å²) in [6, 6.07) is 15.7. The van der Waals surface area contributed by atoms with Crippen LogP contribution in [0.3, 0.4) is 0 Å². The molecule has 152 valence electrons. The van der Waals surface area contributed by atoms with Crippen LogP contribution in [0.15, 0.2) is 59.6 Å². The fourth-order valence-electron chi connectivity index (χ4n) is 3.20. The zero-order valence-electron chi connectivity index (χ0n) is 16.5. The van der Waals surface area contributed by atoms with E-state index in [2.05, 4.69) is 4.99 Å². The van der Waals surface area contributed by atoms with Crippen molar-refractivity contribution in [2.45, 2.75) is 38.7 Å². The van der Waals surface area contributed by atoms with Crippen LogP contribution in [-0.4, -0.2) is 36.8 Å². The Morgan fingerprint density at radius 3 is 2.52 bits per heavy atom. The molecule has 3 rings (SSSR count). The number of benzene rings is 2. The van der Waals surface area contributed by atoms with E-state index < -0.39 is 5.78 Å². The number of aliphatic imine (C=N–C) groups is 1. The zero-order chi connectivity index (χ0) is 20.6. The molecular formula is C23H25FN2O3. The summed E-state index contributed by atoms with van der Waals surface area (Å²) in [4.78, 5) is 31.0. The molecule has 0 aliphatic carbocycles. The van der Waals surface area contributed by atoms with Gasteiger partial charge in [-0.2, -0.15) is 0 Å². The summed E-state index contributed by atoms with van der Waals surface area (Å²) in [5.41, 5.74) is 1.74. The van der Waals surface area contributed by atoms with Crippen LogP contribution in [-0.2, 0) is 20.7 Å². The molecule has 6 heteroatoms. The molecule has 0 radical (unpaired) electrons. The first-order valence-corrected chi connectivity index (χ1v) is 9.91. The summed E-state index contributed by atoms with van der Waals surface area (Å²) in [5.74, 6) is -1.10. The topological polar surface area (TPSA) is 59.0 Å². The predicted molar refractivity (Wildman–Crippen MR) is 111 cm³/mol. The number of carbonyl (C=O) groups is 2. The number of amides is 1. The van der Waals surface area contributed by atoms with E-state index in [4.69, 9.17) is 4.74 Å². The molecule has 0 fully saturated rings. The Hall–Kier alpha value is -3.02. The number of hydrogen-bond donors (Lipinski definition) is 0. The van der Waals surface area contributed by atoms with Crippen molar-refractivity contribution < 1.29 is 18.7 Å². The molecular weight excluding hydrogens is 371 g/mol. The fourth-order valence-corrected chi connectivity index (χ4v) is 3.20. The lowest BCUT2D eigenvalue weighted by molar-refractivity contribution is -0.124. The first-order chi connectivity index (χ1) is 14.1. The number of aryl methyl sites for hydroxylation is 1. The van der Waals surface area contributed by atoms with Gasteiger partial charge in [0, 0.05) is 12.2 Å². The smallest absolute Gasteiger partial charge is 0.254 e. The van der Waals surface area contributed by atoms with Gasteiger partial charge in [0.1, 0.15) is 11.9 Å². The number of halogens is 1. The molecule has 2 aromatic rings. The largest absolute Gasteiger partial charge is 0.470 e. The SMILES string of the molecule is CCC1CN=C(C(=O)CC(=O)N(CCCc2ccccc2)c2ccc(F)cc2)O1. The molecule has 1 aliphatic rings. The Morgan fingerprint density at radius 2 is 1.86 bits per heavy atom. The molecule has 29 heavy (non-hydrogen) atoms. The Morgan fingerprint density at radius 1 is 1.14 bits per heavy atom. The number of hydrogen-bond acceptors (Lipinski definition) is 4. The average Bonchev–Trinajstić information content (AvgIpc) is 3.22. The molecule has 1 atom stereocenters. The minimum absolute atomic E-state index is 0.0357. The van der Waals surface area contributed by atoms with Crippen molar-refractivity contribution in [3.63, 3.8) is 0 Å². The third kappa shape index (κ3) is 5.73. The second-order valence-corrected chi connectivity index (χ2v) is 7.00. The van der Waals surface area contributed by atoms with Crippen molar-refractivity contribution in [2.75, 3.05) is 18.0 Å². The normalized spacial score (nSPS) is 15.5. The van der Waals surface area contributed by atoms with Crippen LogP contribution in [0.2, 0.25) is 0 Å². The fraction of sp³-hybridized carbons (Fsp3) is 0.348. The highest BCUT2D eigenvalue weighted by Crippen LogP contribution is 2.18. The van der Waals surface area contributed by atoms with Crippen LogP contribution in [0.25, 0.3) is 0 Å². The van der Waals surface area contributed by atoms with Crippen molar-refractivity contribution >= 4 is 23.3 Å². The van der Waals surface area contributed by atoms with Crippen molar-refractivity contribution in [1.82, 2.24) is 0 Å². The van der Waals surface area contributed by atoms with Gasteiger partial charge in [0.05, 0.1) is 13.0 Å². The minimum Gasteiger partial charge on any atom is -0.470 e. The first kappa shape index (κ1) is 20.7. The molecule has 1 heterocycles. The monoisotopic (exact) mass is 396 g/mol. The van der Waals surface area contributed by atoms with Gasteiger partial charge in [0.25, 0.3) is 5.90 Å². The lowest BCUT2D eigenvalue weighted by Crippen LogP contribution is -2.35. The van der Waals surface area contributed by atoms with E-state index >= 15 is 0 Å². The van der Waals surface area contributed by atoms with E-state index in [9.17, 15) is 14.0 Å². The predicted octanol–water partition coefficient (Wildman–Crippen LogP) is 3.96. The third-order valence-electron chi connectivity index (χ3n) is 4.85. The molecule has 0 spiro atoms. The maximum atomic E-state index is 13.3. The zero-order valence-corrected chi connectivity index (χ0v) is 16.5. The highest BCUT2D eigenvalue weighted by atomic mass is 19.1. The average molecular weight is 396 g/mol. The van der Waals surface area contributed by atoms with Gasteiger partial charge in [-0.3, -0.25) is 9.59 Å². The van der Waals surface area contributed by atoms with Crippen LogP contribution < -0.4 is 4.90 Å². The van der Waals surface area contributed by atoms with Gasteiger partial charge in [-0.1, -0.05) is 37.3 Å². The Bertz CT molecular complexity index is 865. The summed E-state index contributed by atoms with van der Waals surface area (Å²) in [5, 5.41) is 0. The van der Waals surface area contributed by atoms with E-state index in [0.29, 0.717) is 18.8 Å². The quantitative estimate of drug-likeness (QED) is 0.603. The number of anilines is 1. The van der Waals surface area contributed by atoms with Crippen molar-refractivity contribution in [3.05, 3.63) is 66.0 Å². The summed E-state index contributed by atoms with van der Waals surface area (Å²) in [6.45, 7) is 2.84. The Balaban J connectivity index is 1.66. The van der Waals surface area contributed by atoms with Crippen LogP contribution in [0.4, 0.5) is 10.1 Å². The maximum Gasteiger partial charge on any atom is 0.254 e. The number of carbonyl (C=O) groups excluding carboxylic acids is 2. The summed E-state index contributed by atoms with van der Waals surface area (Å²) < 4.78 is 18.8. The van der Waals surface area contributed by atoms with Gasteiger partial charge in [-0.05, 0) is 49.1 Å². The molecule has 5 nitrogen and oxygen atoms in total. The van der Waals surface area contributed by atoms with Crippen molar-refractivity contribution in [1.29, 1.82) is 0 Å². The van der Waals surface area contributed by atoms with Gasteiger partial charge in [-0.25, -0.2) is 9.38 Å². The molecule has 0 bridgehead atoms. The molecule has 1 unspecified atom stereocenters. The maximum absolute atomic E-state index is 13.3. The molecule has 1 amide bonds. The minimum atomic E-state index is -0.416. The number of ether oxygens (including phenoxy) is 1. The number of rotatable bonds is 9. The van der Waals surface area contributed by atoms with Gasteiger partial charge in [0.15, 0.2) is 0 Å². The highest BCUT2D eigenvalue weighted by Gasteiger charge is 2.27. The van der Waals surface area contributed by atoms with E-state index in [-0.39, 0.29) is 30.1 Å². The molecule has 2 aromatic carbocycles. The highest BCUT2D eigenvalue weighted by molar-refractivity contribution is 6.40. The lowest BCUT2D eigenvalue weighted by atomic mass is 10.1. The number of nitrogens with zero attached hydrogens (tertiary/aromatic N) is 2. The van der Waals surface area contributed by atoms with Gasteiger partial charge in [-0.15, -0.1) is 0 Å². The van der Waals surface area contributed by atoms with E-state index in [1.807, 2.05) is 37.3 Å². The summed E-state index contributed by atoms with van der Waals surface area (Å²) >= 11 is 0. The van der Waals surface area contributed by atoms with E-state index in [1.165, 1.54) is 22.6 Å². The van der Waals surface area contributed by atoms with Crippen LogP contribution in [0.5, 0.6) is 0 Å². The lowest BCUT2D eigenvalue weighted by Gasteiger charge is -2.23. The van der Waals surface area contributed by atoms with Crippen LogP contribution in [0, 0.1) is 5.82 Å². The van der Waals surface area contributed by atoms with Crippen molar-refractivity contribution in [3.8, 4) is 0 Å². The second kappa shape index (κ2) is 9.96. The molecule has 0 N–H and O–H groups in total. The standard InChI is InChI=1S/C23H25FN2O3/c1-2-20-16-25-23(29-20)21(27)15-22(28)26(19-12-10-18(24)11-13-19)14-6-9-17-7-4-3-5-8-17/h3-5,7-8,10-13,20H,2,6,9,14-16H2,1H3. The Labute approximate surface area is 170 Å². The van der Waals surface area contributed by atoms with E-state index in [1.54, 1.807) is 12.1 Å². The number of ketones is 1. The molecule has 1 aliphatic heterocycles. The van der Waals surface area contributed by atoms with E-state index in [0.717, 1.165) is 19.3 Å². The molecule has 0 aromatic heterocycles. The Kier molecular flexibility index (Phi) is 7.11. The summed E-state index contributed by atoms with van der Waals surface area (Å²) in [6.07, 6.45) is 1.86. The van der Waals surface area contributed by atoms with Gasteiger partial charge >= 0.3 is 0 Å². The third-order valence-corrected chi connectivity index (χ3v) is 4.85. The number of Topliss-reactive ketones (excluding diaryl/α,β-unsaturated/α-hetero) is 1. The van der Waals surface area contributed by atoms with Crippen LogP contribution in [0.1, 0.15) is 31.7 Å². The van der Waals surface area contributed by atoms with Gasteiger partial charge < -0.3 is 9.64 Å².